The predicted molar refractivity (Wildman–Crippen MR) is 90.6 cm³/mol. The van der Waals surface area contributed by atoms with Gasteiger partial charge in [-0.25, -0.2) is 8.42 Å². The monoisotopic (exact) mass is 335 g/mol. The molecule has 0 bridgehead atoms. The van der Waals surface area contributed by atoms with Crippen molar-refractivity contribution in [2.45, 2.75) is 31.6 Å². The third-order valence-electron chi connectivity index (χ3n) is 3.32. The lowest BCUT2D eigenvalue weighted by Gasteiger charge is -2.15. The summed E-state index contributed by atoms with van der Waals surface area (Å²) in [6, 6.07) is 11.1. The van der Waals surface area contributed by atoms with Gasteiger partial charge >= 0.3 is 0 Å². The Kier molecular flexibility index (Phi) is 5.15. The van der Waals surface area contributed by atoms with Crippen molar-refractivity contribution in [1.82, 2.24) is 0 Å². The van der Waals surface area contributed by atoms with Crippen LogP contribution < -0.4 is 9.46 Å². The molecule has 0 heterocycles. The third kappa shape index (κ3) is 4.16. The number of phenolic OH excluding ortho intramolecular Hbond substituents is 1. The summed E-state index contributed by atoms with van der Waals surface area (Å²) >= 11 is 0. The number of nitrogens with one attached hydrogen (secondary N) is 1. The highest BCUT2D eigenvalue weighted by molar-refractivity contribution is 7.92. The van der Waals surface area contributed by atoms with E-state index in [1.165, 1.54) is 12.1 Å². The summed E-state index contributed by atoms with van der Waals surface area (Å²) in [5, 5.41) is 9.48. The van der Waals surface area contributed by atoms with Gasteiger partial charge in [0.15, 0.2) is 0 Å². The van der Waals surface area contributed by atoms with Gasteiger partial charge < -0.3 is 9.84 Å². The highest BCUT2D eigenvalue weighted by atomic mass is 32.2. The van der Waals surface area contributed by atoms with Crippen molar-refractivity contribution in [2.24, 2.45) is 0 Å². The Hall–Kier alpha value is -2.21. The van der Waals surface area contributed by atoms with Gasteiger partial charge in [0.05, 0.1) is 12.3 Å². The first kappa shape index (κ1) is 17.1. The number of benzene rings is 2. The van der Waals surface area contributed by atoms with E-state index < -0.39 is 10.0 Å². The quantitative estimate of drug-likeness (QED) is 0.844. The second kappa shape index (κ2) is 6.91. The molecule has 23 heavy (non-hydrogen) atoms. The Morgan fingerprint density at radius 1 is 1.17 bits per heavy atom. The Balaban J connectivity index is 2.46. The minimum atomic E-state index is -3.83. The fraction of sp³-hybridized carbons (Fsp3) is 0.294. The molecule has 124 valence electrons. The number of sulfonamides is 1. The van der Waals surface area contributed by atoms with Crippen molar-refractivity contribution < 1.29 is 18.3 Å². The second-order valence-corrected chi connectivity index (χ2v) is 7.10. The van der Waals surface area contributed by atoms with Crippen LogP contribution in [-0.2, 0) is 10.0 Å². The average Bonchev–Trinajstić information content (AvgIpc) is 2.47. The van der Waals surface area contributed by atoms with Crippen LogP contribution in [0.4, 0.5) is 5.69 Å². The number of aromatic hydroxyl groups is 1. The molecular formula is C17H21NO4S. The van der Waals surface area contributed by atoms with Gasteiger partial charge in [-0.15, -0.1) is 0 Å². The maximum Gasteiger partial charge on any atom is 0.265 e. The van der Waals surface area contributed by atoms with Crippen LogP contribution in [0.1, 0.15) is 32.3 Å². The number of rotatable bonds is 6. The van der Waals surface area contributed by atoms with Crippen molar-refractivity contribution in [1.29, 1.82) is 0 Å². The molecule has 0 aliphatic heterocycles. The highest BCUT2D eigenvalue weighted by Crippen LogP contribution is 2.30. The fourth-order valence-corrected chi connectivity index (χ4v) is 3.38. The molecule has 2 rings (SSSR count). The molecule has 0 aromatic heterocycles. The van der Waals surface area contributed by atoms with Crippen LogP contribution in [0.2, 0.25) is 0 Å². The molecule has 0 saturated heterocycles. The van der Waals surface area contributed by atoms with Crippen LogP contribution >= 0.6 is 0 Å². The van der Waals surface area contributed by atoms with Crippen LogP contribution in [0.3, 0.4) is 0 Å². The van der Waals surface area contributed by atoms with Crippen molar-refractivity contribution >= 4 is 15.7 Å². The summed E-state index contributed by atoms with van der Waals surface area (Å²) in [7, 11) is -3.83. The van der Waals surface area contributed by atoms with E-state index in [1.54, 1.807) is 31.2 Å². The van der Waals surface area contributed by atoms with E-state index in [2.05, 4.69) is 4.72 Å². The van der Waals surface area contributed by atoms with E-state index in [1.807, 2.05) is 19.9 Å². The minimum Gasteiger partial charge on any atom is -0.508 e. The van der Waals surface area contributed by atoms with E-state index in [4.69, 9.17) is 4.74 Å². The van der Waals surface area contributed by atoms with Gasteiger partial charge in [0.2, 0.25) is 0 Å². The Bertz CT molecular complexity index is 785. The number of hydrogen-bond donors (Lipinski definition) is 2. The van der Waals surface area contributed by atoms with Crippen LogP contribution in [0.15, 0.2) is 47.4 Å². The molecule has 0 atom stereocenters. The SMILES string of the molecule is CCOc1ccc(C(C)C)cc1S(=O)(=O)Nc1cccc(O)c1. The lowest BCUT2D eigenvalue weighted by atomic mass is 10.0. The Morgan fingerprint density at radius 2 is 1.91 bits per heavy atom. The van der Waals surface area contributed by atoms with E-state index in [9.17, 15) is 13.5 Å². The summed E-state index contributed by atoms with van der Waals surface area (Å²) < 4.78 is 33.3. The molecule has 6 heteroatoms. The molecule has 0 aliphatic carbocycles. The zero-order chi connectivity index (χ0) is 17.0. The van der Waals surface area contributed by atoms with E-state index in [-0.39, 0.29) is 16.6 Å². The first-order valence-corrected chi connectivity index (χ1v) is 8.90. The average molecular weight is 335 g/mol. The van der Waals surface area contributed by atoms with Crippen LogP contribution in [0, 0.1) is 0 Å². The Morgan fingerprint density at radius 3 is 2.52 bits per heavy atom. The van der Waals surface area contributed by atoms with E-state index in [0.717, 1.165) is 5.56 Å². The molecule has 0 amide bonds. The van der Waals surface area contributed by atoms with Gasteiger partial charge in [0.1, 0.15) is 16.4 Å². The molecular weight excluding hydrogens is 314 g/mol. The van der Waals surface area contributed by atoms with E-state index in [0.29, 0.717) is 18.0 Å². The van der Waals surface area contributed by atoms with Gasteiger partial charge in [-0.05, 0) is 42.7 Å². The molecule has 2 aromatic carbocycles. The number of anilines is 1. The molecule has 2 aromatic rings. The van der Waals surface area contributed by atoms with Crippen molar-refractivity contribution in [2.75, 3.05) is 11.3 Å². The third-order valence-corrected chi connectivity index (χ3v) is 4.72. The standard InChI is InChI=1S/C17H21NO4S/c1-4-22-16-9-8-13(12(2)3)10-17(16)23(20,21)18-14-6-5-7-15(19)11-14/h5-12,18-19H,4H2,1-3H3. The van der Waals surface area contributed by atoms with Crippen LogP contribution in [0.5, 0.6) is 11.5 Å². The topological polar surface area (TPSA) is 75.6 Å². The summed E-state index contributed by atoms with van der Waals surface area (Å²) in [5.74, 6) is 0.496. The van der Waals surface area contributed by atoms with Gasteiger partial charge in [-0.2, -0.15) is 0 Å². The normalized spacial score (nSPS) is 11.5. The number of ether oxygens (including phenoxy) is 1. The maximum absolute atomic E-state index is 12.7. The van der Waals surface area contributed by atoms with Gasteiger partial charge in [-0.1, -0.05) is 26.0 Å². The van der Waals surface area contributed by atoms with Crippen molar-refractivity contribution in [3.63, 3.8) is 0 Å². The molecule has 0 unspecified atom stereocenters. The van der Waals surface area contributed by atoms with Gasteiger partial charge in [0, 0.05) is 6.07 Å². The smallest absolute Gasteiger partial charge is 0.265 e. The lowest BCUT2D eigenvalue weighted by Crippen LogP contribution is -2.15. The summed E-state index contributed by atoms with van der Waals surface area (Å²) in [6.45, 7) is 6.16. The molecule has 0 fully saturated rings. The molecule has 0 saturated carbocycles. The van der Waals surface area contributed by atoms with Crippen molar-refractivity contribution in [3.05, 3.63) is 48.0 Å². The zero-order valence-electron chi connectivity index (χ0n) is 13.4. The summed E-state index contributed by atoms with van der Waals surface area (Å²) in [5.41, 5.74) is 1.20. The van der Waals surface area contributed by atoms with Crippen LogP contribution in [-0.4, -0.2) is 20.1 Å². The molecule has 5 nitrogen and oxygen atoms in total. The predicted octanol–water partition coefficient (Wildman–Crippen LogP) is 3.72. The summed E-state index contributed by atoms with van der Waals surface area (Å²) in [6.07, 6.45) is 0. The van der Waals surface area contributed by atoms with E-state index >= 15 is 0 Å². The molecule has 0 spiro atoms. The van der Waals surface area contributed by atoms with Crippen molar-refractivity contribution in [3.8, 4) is 11.5 Å². The summed E-state index contributed by atoms with van der Waals surface area (Å²) in [4.78, 5) is 0.0916. The first-order chi connectivity index (χ1) is 10.8. The number of phenols is 1. The van der Waals surface area contributed by atoms with Gasteiger partial charge in [-0.3, -0.25) is 4.72 Å². The second-order valence-electron chi connectivity index (χ2n) is 5.45. The number of hydrogen-bond acceptors (Lipinski definition) is 4. The molecule has 0 aliphatic rings. The maximum atomic E-state index is 12.7. The molecule has 0 radical (unpaired) electrons. The highest BCUT2D eigenvalue weighted by Gasteiger charge is 2.21. The fourth-order valence-electron chi connectivity index (χ4n) is 2.15. The largest absolute Gasteiger partial charge is 0.508 e. The lowest BCUT2D eigenvalue weighted by molar-refractivity contribution is 0.331. The minimum absolute atomic E-state index is 0.00818. The van der Waals surface area contributed by atoms with Crippen LogP contribution in [0.25, 0.3) is 0 Å². The molecule has 2 N–H and O–H groups in total. The zero-order valence-corrected chi connectivity index (χ0v) is 14.2. The van der Waals surface area contributed by atoms with Gasteiger partial charge in [0.25, 0.3) is 10.0 Å². The Labute approximate surface area is 137 Å². The first-order valence-electron chi connectivity index (χ1n) is 7.42.